The molecule has 0 aliphatic rings. The second-order valence-electron chi connectivity index (χ2n) is 3.47. The van der Waals surface area contributed by atoms with Gasteiger partial charge in [0.25, 0.3) is 0 Å². The third-order valence-electron chi connectivity index (χ3n) is 2.30. The summed E-state index contributed by atoms with van der Waals surface area (Å²) in [6, 6.07) is 11.7. The Hall–Kier alpha value is -2.21. The zero-order chi connectivity index (χ0) is 11.5. The zero-order valence-corrected chi connectivity index (χ0v) is 8.74. The van der Waals surface area contributed by atoms with Crippen LogP contribution < -0.4 is 0 Å². The fourth-order valence-electron chi connectivity index (χ4n) is 1.50. The van der Waals surface area contributed by atoms with Gasteiger partial charge in [-0.3, -0.25) is 0 Å². The maximum Gasteiger partial charge on any atom is 0.148 e. The van der Waals surface area contributed by atoms with Crippen molar-refractivity contribution in [2.45, 2.75) is 6.92 Å². The van der Waals surface area contributed by atoms with Crippen molar-refractivity contribution in [3.8, 4) is 17.2 Å². The van der Waals surface area contributed by atoms with Crippen LogP contribution in [0.2, 0.25) is 0 Å². The van der Waals surface area contributed by atoms with Crippen molar-refractivity contribution in [3.05, 3.63) is 53.6 Å². The Balaban J connectivity index is 2.56. The molecular formula is C13H9FN2. The average molecular weight is 212 g/mol. The molecule has 0 aliphatic heterocycles. The second kappa shape index (κ2) is 4.11. The van der Waals surface area contributed by atoms with Crippen LogP contribution in [-0.4, -0.2) is 4.98 Å². The summed E-state index contributed by atoms with van der Waals surface area (Å²) in [6.07, 6.45) is 0. The highest BCUT2D eigenvalue weighted by molar-refractivity contribution is 5.68. The Kier molecular flexibility index (Phi) is 2.65. The molecule has 0 atom stereocenters. The summed E-state index contributed by atoms with van der Waals surface area (Å²) in [5.74, 6) is -0.290. The van der Waals surface area contributed by atoms with E-state index in [2.05, 4.69) is 4.98 Å². The largest absolute Gasteiger partial charge is 0.242 e. The molecule has 0 saturated carbocycles. The molecule has 0 bridgehead atoms. The van der Waals surface area contributed by atoms with Gasteiger partial charge < -0.3 is 0 Å². The van der Waals surface area contributed by atoms with E-state index in [1.165, 1.54) is 12.1 Å². The van der Waals surface area contributed by atoms with Gasteiger partial charge in [-0.2, -0.15) is 5.26 Å². The first kappa shape index (κ1) is 10.3. The number of halogens is 1. The van der Waals surface area contributed by atoms with Crippen LogP contribution in [-0.2, 0) is 0 Å². The molecule has 1 aromatic carbocycles. The molecule has 0 spiro atoms. The van der Waals surface area contributed by atoms with Gasteiger partial charge >= 0.3 is 0 Å². The predicted octanol–water partition coefficient (Wildman–Crippen LogP) is 3.07. The highest BCUT2D eigenvalue weighted by Gasteiger charge is 2.06. The first-order valence-corrected chi connectivity index (χ1v) is 4.84. The number of hydrogen-bond acceptors (Lipinski definition) is 2. The summed E-state index contributed by atoms with van der Waals surface area (Å²) in [4.78, 5) is 4.14. The summed E-state index contributed by atoms with van der Waals surface area (Å²) in [5.41, 5.74) is 2.69. The molecule has 16 heavy (non-hydrogen) atoms. The predicted molar refractivity (Wildman–Crippen MR) is 59.1 cm³/mol. The van der Waals surface area contributed by atoms with E-state index in [-0.39, 0.29) is 5.82 Å². The lowest BCUT2D eigenvalue weighted by Crippen LogP contribution is -1.91. The van der Waals surface area contributed by atoms with Gasteiger partial charge in [-0.1, -0.05) is 12.1 Å². The van der Waals surface area contributed by atoms with Crippen LogP contribution in [0.1, 0.15) is 11.4 Å². The van der Waals surface area contributed by atoms with E-state index >= 15 is 0 Å². The van der Waals surface area contributed by atoms with E-state index in [0.29, 0.717) is 5.69 Å². The van der Waals surface area contributed by atoms with Crippen LogP contribution >= 0.6 is 0 Å². The SMILES string of the molecule is Cc1ccc(-c2ccc(F)cc2)c(C#N)n1. The van der Waals surface area contributed by atoms with Crippen molar-refractivity contribution < 1.29 is 4.39 Å². The highest BCUT2D eigenvalue weighted by atomic mass is 19.1. The quantitative estimate of drug-likeness (QED) is 0.728. The molecule has 0 fully saturated rings. The van der Waals surface area contributed by atoms with E-state index in [0.717, 1.165) is 16.8 Å². The monoisotopic (exact) mass is 212 g/mol. The van der Waals surface area contributed by atoms with Crippen LogP contribution in [0.4, 0.5) is 4.39 Å². The second-order valence-corrected chi connectivity index (χ2v) is 3.47. The number of benzene rings is 1. The Bertz CT molecular complexity index is 553. The number of nitrogens with zero attached hydrogens (tertiary/aromatic N) is 2. The summed E-state index contributed by atoms with van der Waals surface area (Å²) in [7, 11) is 0. The van der Waals surface area contributed by atoms with Gasteiger partial charge in [0, 0.05) is 11.3 Å². The smallest absolute Gasteiger partial charge is 0.148 e. The average Bonchev–Trinajstić information content (AvgIpc) is 2.30. The molecule has 2 nitrogen and oxygen atoms in total. The molecule has 0 amide bonds. The Morgan fingerprint density at radius 1 is 1.12 bits per heavy atom. The first-order chi connectivity index (χ1) is 7.70. The van der Waals surface area contributed by atoms with Gasteiger partial charge in [0.05, 0.1) is 0 Å². The van der Waals surface area contributed by atoms with E-state index in [9.17, 15) is 4.39 Å². The molecule has 0 aliphatic carbocycles. The molecule has 2 rings (SSSR count). The van der Waals surface area contributed by atoms with Crippen LogP contribution in [0.15, 0.2) is 36.4 Å². The van der Waals surface area contributed by atoms with Crippen molar-refractivity contribution >= 4 is 0 Å². The van der Waals surface area contributed by atoms with Gasteiger partial charge in [0.15, 0.2) is 0 Å². The lowest BCUT2D eigenvalue weighted by Gasteiger charge is -2.04. The molecule has 0 saturated heterocycles. The number of hydrogen-bond donors (Lipinski definition) is 0. The molecule has 0 N–H and O–H groups in total. The fraction of sp³-hybridized carbons (Fsp3) is 0.0769. The minimum Gasteiger partial charge on any atom is -0.242 e. The molecular weight excluding hydrogens is 203 g/mol. The minimum atomic E-state index is -0.290. The van der Waals surface area contributed by atoms with Crippen LogP contribution in [0.5, 0.6) is 0 Å². The Labute approximate surface area is 93.0 Å². The molecule has 78 valence electrons. The summed E-state index contributed by atoms with van der Waals surface area (Å²) >= 11 is 0. The number of aromatic nitrogens is 1. The van der Waals surface area contributed by atoms with E-state index < -0.39 is 0 Å². The van der Waals surface area contributed by atoms with Crippen molar-refractivity contribution in [2.24, 2.45) is 0 Å². The van der Waals surface area contributed by atoms with Crippen molar-refractivity contribution in [2.75, 3.05) is 0 Å². The summed E-state index contributed by atoms with van der Waals surface area (Å²) < 4.78 is 12.8. The summed E-state index contributed by atoms with van der Waals surface area (Å²) in [5, 5.41) is 8.97. The number of nitriles is 1. The maximum atomic E-state index is 12.8. The molecule has 0 unspecified atom stereocenters. The van der Waals surface area contributed by atoms with Crippen LogP contribution in [0, 0.1) is 24.1 Å². The van der Waals surface area contributed by atoms with E-state index in [4.69, 9.17) is 5.26 Å². The van der Waals surface area contributed by atoms with Gasteiger partial charge in [-0.25, -0.2) is 9.37 Å². The zero-order valence-electron chi connectivity index (χ0n) is 8.74. The molecule has 3 heteroatoms. The minimum absolute atomic E-state index is 0.290. The molecule has 1 heterocycles. The standard InChI is InChI=1S/C13H9FN2/c1-9-2-7-12(13(8-15)16-9)10-3-5-11(14)6-4-10/h2-7H,1H3. The van der Waals surface area contributed by atoms with Crippen molar-refractivity contribution in [3.63, 3.8) is 0 Å². The van der Waals surface area contributed by atoms with Gasteiger partial charge in [-0.05, 0) is 36.8 Å². The van der Waals surface area contributed by atoms with E-state index in [1.54, 1.807) is 12.1 Å². The Morgan fingerprint density at radius 3 is 2.44 bits per heavy atom. The van der Waals surface area contributed by atoms with Gasteiger partial charge in [0.2, 0.25) is 0 Å². The van der Waals surface area contributed by atoms with Crippen molar-refractivity contribution in [1.29, 1.82) is 5.26 Å². The molecule has 0 radical (unpaired) electrons. The van der Waals surface area contributed by atoms with E-state index in [1.807, 2.05) is 25.1 Å². The lowest BCUT2D eigenvalue weighted by atomic mass is 10.0. The lowest BCUT2D eigenvalue weighted by molar-refractivity contribution is 0.628. The third kappa shape index (κ3) is 1.91. The van der Waals surface area contributed by atoms with Gasteiger partial charge in [-0.15, -0.1) is 0 Å². The van der Waals surface area contributed by atoms with Crippen LogP contribution in [0.3, 0.4) is 0 Å². The topological polar surface area (TPSA) is 36.7 Å². The number of pyridine rings is 1. The van der Waals surface area contributed by atoms with Gasteiger partial charge in [0.1, 0.15) is 17.6 Å². The molecule has 2 aromatic rings. The summed E-state index contributed by atoms with van der Waals surface area (Å²) in [6.45, 7) is 1.83. The number of rotatable bonds is 1. The van der Waals surface area contributed by atoms with Crippen LogP contribution in [0.25, 0.3) is 11.1 Å². The third-order valence-corrected chi connectivity index (χ3v) is 2.30. The van der Waals surface area contributed by atoms with Crippen molar-refractivity contribution in [1.82, 2.24) is 4.98 Å². The molecule has 1 aromatic heterocycles. The highest BCUT2D eigenvalue weighted by Crippen LogP contribution is 2.22. The fourth-order valence-corrected chi connectivity index (χ4v) is 1.50. The normalized spacial score (nSPS) is 9.81. The first-order valence-electron chi connectivity index (χ1n) is 4.84. The Morgan fingerprint density at radius 2 is 1.81 bits per heavy atom. The number of aryl methyl sites for hydroxylation is 1. The maximum absolute atomic E-state index is 12.8.